The van der Waals surface area contributed by atoms with Crippen LogP contribution in [0.4, 0.5) is 0 Å². The predicted octanol–water partition coefficient (Wildman–Crippen LogP) is 4.68. The van der Waals surface area contributed by atoms with Gasteiger partial charge in [0.2, 0.25) is 0 Å². The molecule has 0 unspecified atom stereocenters. The van der Waals surface area contributed by atoms with Crippen molar-refractivity contribution >= 4 is 39.5 Å². The van der Waals surface area contributed by atoms with Crippen LogP contribution in [0.2, 0.25) is 10.0 Å². The fourth-order valence-corrected chi connectivity index (χ4v) is 2.87. The van der Waals surface area contributed by atoms with Crippen molar-refractivity contribution in [2.45, 2.75) is 6.92 Å². The first-order valence-electron chi connectivity index (χ1n) is 5.04. The Kier molecular flexibility index (Phi) is 2.62. The van der Waals surface area contributed by atoms with Crippen molar-refractivity contribution in [2.75, 3.05) is 0 Å². The van der Waals surface area contributed by atoms with E-state index in [-0.39, 0.29) is 0 Å². The summed E-state index contributed by atoms with van der Waals surface area (Å²) in [6.07, 6.45) is 2.02. The first kappa shape index (κ1) is 11.1. The molecule has 1 aromatic carbocycles. The molecular formula is C12H8Cl2N2S. The largest absolute Gasteiger partial charge is 0.294 e. The van der Waals surface area contributed by atoms with Crippen LogP contribution in [-0.2, 0) is 0 Å². The number of benzene rings is 1. The second-order valence-corrected chi connectivity index (χ2v) is 5.42. The second-order valence-electron chi connectivity index (χ2n) is 3.73. The maximum Gasteiger partial charge on any atom is 0.194 e. The standard InChI is InChI=1S/C12H8Cl2N2S/c1-7-11(15-12-16(7)4-5-17-12)8-2-3-9(13)10(14)6-8/h2-6H,1H3. The molecule has 0 saturated heterocycles. The smallest absolute Gasteiger partial charge is 0.194 e. The molecule has 0 bridgehead atoms. The Hall–Kier alpha value is -1.03. The zero-order valence-corrected chi connectivity index (χ0v) is 11.3. The fraction of sp³-hybridized carbons (Fsp3) is 0.0833. The topological polar surface area (TPSA) is 17.3 Å². The zero-order valence-electron chi connectivity index (χ0n) is 8.95. The SMILES string of the molecule is Cc1c(-c2ccc(Cl)c(Cl)c2)nc2sccn12. The maximum atomic E-state index is 6.02. The van der Waals surface area contributed by atoms with E-state index in [0.29, 0.717) is 10.0 Å². The van der Waals surface area contributed by atoms with Gasteiger partial charge in [0.1, 0.15) is 0 Å². The molecule has 0 N–H and O–H groups in total. The van der Waals surface area contributed by atoms with Crippen molar-refractivity contribution in [3.63, 3.8) is 0 Å². The van der Waals surface area contributed by atoms with E-state index in [1.54, 1.807) is 17.4 Å². The summed E-state index contributed by atoms with van der Waals surface area (Å²) in [5, 5.41) is 3.14. The zero-order chi connectivity index (χ0) is 12.0. The molecule has 3 aromatic rings. The van der Waals surface area contributed by atoms with Gasteiger partial charge < -0.3 is 0 Å². The molecule has 3 rings (SSSR count). The first-order chi connectivity index (χ1) is 8.16. The molecule has 0 aliphatic heterocycles. The molecule has 2 nitrogen and oxygen atoms in total. The van der Waals surface area contributed by atoms with E-state index in [2.05, 4.69) is 9.38 Å². The summed E-state index contributed by atoms with van der Waals surface area (Å²) in [5.74, 6) is 0. The minimum Gasteiger partial charge on any atom is -0.294 e. The van der Waals surface area contributed by atoms with Gasteiger partial charge in [0.05, 0.1) is 15.7 Å². The minimum atomic E-state index is 0.555. The highest BCUT2D eigenvalue weighted by atomic mass is 35.5. The summed E-state index contributed by atoms with van der Waals surface area (Å²) in [5.41, 5.74) is 3.06. The molecule has 0 aliphatic carbocycles. The van der Waals surface area contributed by atoms with Crippen LogP contribution in [0, 0.1) is 6.92 Å². The van der Waals surface area contributed by atoms with E-state index in [9.17, 15) is 0 Å². The molecule has 0 spiro atoms. The van der Waals surface area contributed by atoms with Crippen LogP contribution in [0.15, 0.2) is 29.8 Å². The van der Waals surface area contributed by atoms with Gasteiger partial charge in [-0.1, -0.05) is 29.3 Å². The lowest BCUT2D eigenvalue weighted by molar-refractivity contribution is 1.14. The van der Waals surface area contributed by atoms with Crippen LogP contribution >= 0.6 is 34.5 Å². The van der Waals surface area contributed by atoms with Crippen molar-refractivity contribution < 1.29 is 0 Å². The molecule has 2 heterocycles. The number of imidazole rings is 1. The average molecular weight is 283 g/mol. The molecule has 0 amide bonds. The highest BCUT2D eigenvalue weighted by Crippen LogP contribution is 2.30. The molecular weight excluding hydrogens is 275 g/mol. The number of hydrogen-bond acceptors (Lipinski definition) is 2. The van der Waals surface area contributed by atoms with E-state index in [0.717, 1.165) is 21.9 Å². The van der Waals surface area contributed by atoms with Crippen LogP contribution < -0.4 is 0 Å². The number of fused-ring (bicyclic) bond motifs is 1. The predicted molar refractivity (Wildman–Crippen MR) is 73.3 cm³/mol. The normalized spacial score (nSPS) is 11.2. The van der Waals surface area contributed by atoms with Gasteiger partial charge in [0, 0.05) is 22.8 Å². The molecule has 0 aliphatic rings. The lowest BCUT2D eigenvalue weighted by Crippen LogP contribution is -1.84. The molecule has 0 saturated carbocycles. The summed E-state index contributed by atoms with van der Waals surface area (Å²) >= 11 is 13.6. The fourth-order valence-electron chi connectivity index (χ4n) is 1.82. The van der Waals surface area contributed by atoms with Crippen molar-refractivity contribution in [1.29, 1.82) is 0 Å². The Morgan fingerprint density at radius 1 is 1.24 bits per heavy atom. The van der Waals surface area contributed by atoms with E-state index in [1.807, 2.05) is 30.6 Å². The number of thiazole rings is 1. The lowest BCUT2D eigenvalue weighted by Gasteiger charge is -2.01. The summed E-state index contributed by atoms with van der Waals surface area (Å²) in [6, 6.07) is 5.59. The summed E-state index contributed by atoms with van der Waals surface area (Å²) in [6.45, 7) is 2.05. The van der Waals surface area contributed by atoms with Gasteiger partial charge in [-0.15, -0.1) is 11.3 Å². The van der Waals surface area contributed by atoms with E-state index >= 15 is 0 Å². The van der Waals surface area contributed by atoms with Crippen LogP contribution in [0.1, 0.15) is 5.69 Å². The van der Waals surface area contributed by atoms with Crippen LogP contribution in [-0.4, -0.2) is 9.38 Å². The Morgan fingerprint density at radius 3 is 2.76 bits per heavy atom. The van der Waals surface area contributed by atoms with E-state index in [4.69, 9.17) is 23.2 Å². The van der Waals surface area contributed by atoms with E-state index < -0.39 is 0 Å². The molecule has 5 heteroatoms. The number of aromatic nitrogens is 2. The Balaban J connectivity index is 2.22. The van der Waals surface area contributed by atoms with Gasteiger partial charge in [-0.2, -0.15) is 0 Å². The van der Waals surface area contributed by atoms with Crippen LogP contribution in [0.3, 0.4) is 0 Å². The van der Waals surface area contributed by atoms with Gasteiger partial charge in [-0.3, -0.25) is 4.40 Å². The van der Waals surface area contributed by atoms with Gasteiger partial charge in [-0.25, -0.2) is 4.98 Å². The first-order valence-corrected chi connectivity index (χ1v) is 6.68. The third-order valence-electron chi connectivity index (χ3n) is 2.69. The highest BCUT2D eigenvalue weighted by molar-refractivity contribution is 7.15. The lowest BCUT2D eigenvalue weighted by atomic mass is 10.1. The summed E-state index contributed by atoms with van der Waals surface area (Å²) in [4.78, 5) is 5.58. The highest BCUT2D eigenvalue weighted by Gasteiger charge is 2.12. The molecule has 2 aromatic heterocycles. The Morgan fingerprint density at radius 2 is 2.06 bits per heavy atom. The molecule has 86 valence electrons. The summed E-state index contributed by atoms with van der Waals surface area (Å²) < 4.78 is 2.07. The molecule has 0 radical (unpaired) electrons. The number of aryl methyl sites for hydroxylation is 1. The Labute approximate surface area is 112 Å². The molecule has 17 heavy (non-hydrogen) atoms. The quantitative estimate of drug-likeness (QED) is 0.634. The van der Waals surface area contributed by atoms with Gasteiger partial charge in [0.25, 0.3) is 0 Å². The van der Waals surface area contributed by atoms with Gasteiger partial charge in [-0.05, 0) is 19.1 Å². The number of rotatable bonds is 1. The number of nitrogens with zero attached hydrogens (tertiary/aromatic N) is 2. The number of halogens is 2. The maximum absolute atomic E-state index is 6.02. The molecule has 0 atom stereocenters. The van der Waals surface area contributed by atoms with E-state index in [1.165, 1.54) is 0 Å². The number of hydrogen-bond donors (Lipinski definition) is 0. The molecule has 0 fully saturated rings. The third-order valence-corrected chi connectivity index (χ3v) is 4.19. The third kappa shape index (κ3) is 1.75. The Bertz CT molecular complexity index is 700. The minimum absolute atomic E-state index is 0.555. The summed E-state index contributed by atoms with van der Waals surface area (Å²) in [7, 11) is 0. The average Bonchev–Trinajstić information content (AvgIpc) is 2.86. The van der Waals surface area contributed by atoms with Gasteiger partial charge in [0.15, 0.2) is 4.96 Å². The van der Waals surface area contributed by atoms with Gasteiger partial charge >= 0.3 is 0 Å². The monoisotopic (exact) mass is 282 g/mol. The van der Waals surface area contributed by atoms with Crippen molar-refractivity contribution in [3.8, 4) is 11.3 Å². The van der Waals surface area contributed by atoms with Crippen molar-refractivity contribution in [1.82, 2.24) is 9.38 Å². The second kappa shape index (κ2) is 4.02. The van der Waals surface area contributed by atoms with Crippen molar-refractivity contribution in [2.24, 2.45) is 0 Å². The van der Waals surface area contributed by atoms with Crippen LogP contribution in [0.25, 0.3) is 16.2 Å². The van der Waals surface area contributed by atoms with Crippen molar-refractivity contribution in [3.05, 3.63) is 45.5 Å². The van der Waals surface area contributed by atoms with Crippen LogP contribution in [0.5, 0.6) is 0 Å².